The van der Waals surface area contributed by atoms with Crippen LogP contribution in [-0.4, -0.2) is 3.26 Å². The Bertz CT molecular complexity index is 1960. The molecule has 3 aliphatic carbocycles. The summed E-state index contributed by atoms with van der Waals surface area (Å²) >= 11 is -3.94. The molecule has 1 fully saturated rings. The van der Waals surface area contributed by atoms with Crippen molar-refractivity contribution < 1.29 is 18.0 Å². The summed E-state index contributed by atoms with van der Waals surface area (Å²) in [7, 11) is 0. The van der Waals surface area contributed by atoms with Crippen LogP contribution in [0.4, 0.5) is 0 Å². The topological polar surface area (TPSA) is 0 Å². The quantitative estimate of drug-likeness (QED) is 0.181. The maximum atomic E-state index is 2.84. The Balaban J connectivity index is 1.43. The van der Waals surface area contributed by atoms with Gasteiger partial charge < -0.3 is 0 Å². The third-order valence-electron chi connectivity index (χ3n) is 14.4. The van der Waals surface area contributed by atoms with Crippen LogP contribution in [0, 0.1) is 69.2 Å². The number of hydrogen-bond donors (Lipinski definition) is 0. The first-order valence-corrected chi connectivity index (χ1v) is 31.1. The first-order chi connectivity index (χ1) is 22.2. The summed E-state index contributed by atoms with van der Waals surface area (Å²) in [5, 5.41) is 0. The van der Waals surface area contributed by atoms with E-state index >= 15 is 0 Å². The molecular weight excluding hydrogens is 731 g/mol. The molecule has 4 aromatic rings. The summed E-state index contributed by atoms with van der Waals surface area (Å²) in [5.41, 5.74) is 26.3. The van der Waals surface area contributed by atoms with Gasteiger partial charge in [-0.25, -0.2) is 0 Å². The average molecular weight is 785 g/mol. The van der Waals surface area contributed by atoms with E-state index in [4.69, 9.17) is 0 Å². The van der Waals surface area contributed by atoms with Crippen LogP contribution in [0.25, 0.3) is 34.4 Å². The van der Waals surface area contributed by atoms with Crippen LogP contribution in [0.5, 0.6) is 0 Å². The molecule has 0 radical (unpaired) electrons. The fraction of sp³-hybridized carbons (Fsp3) is 0.370. The van der Waals surface area contributed by atoms with E-state index in [2.05, 4.69) is 139 Å². The van der Waals surface area contributed by atoms with E-state index in [1.807, 2.05) is 3.26 Å². The second kappa shape index (κ2) is 11.1. The molecule has 1 heteroatoms. The van der Waals surface area contributed by atoms with Crippen molar-refractivity contribution in [3.63, 3.8) is 0 Å². The number of hydrogen-bond acceptors (Lipinski definition) is 0. The Morgan fingerprint density at radius 2 is 0.809 bits per heavy atom. The SMILES string of the molecule is Cc1c(C)c(C)c(-c2cccc3c2C=C[CH]3[Hf]([CH3])([CH3])(=[C]2CCC2)[CH]2C=Cc3c(-c4c(C)c(C)c(C)c(C)c4C)cccc32)c(C)c1C. The molecule has 0 aliphatic heterocycles. The van der Waals surface area contributed by atoms with Gasteiger partial charge in [-0.15, -0.1) is 0 Å². The molecule has 0 amide bonds. The van der Waals surface area contributed by atoms with Crippen LogP contribution >= 0.6 is 0 Å². The Labute approximate surface area is 285 Å². The van der Waals surface area contributed by atoms with Gasteiger partial charge in [0.05, 0.1) is 0 Å². The standard InChI is InChI=1S/2C20H21.C4H6.2CH3.Hf/c2*1-12-13(2)15(4)20(16(5)14(12)3)19-11-7-9-17-8-6-10-18(17)19;1-2-4-3-1;;;/h2*6-11H,1-5H3;1-3H2;2*1H3;. The van der Waals surface area contributed by atoms with Gasteiger partial charge in [-0.2, -0.15) is 0 Å². The van der Waals surface area contributed by atoms with Gasteiger partial charge in [-0.3, -0.25) is 0 Å². The van der Waals surface area contributed by atoms with Crippen molar-refractivity contribution in [2.45, 2.75) is 105 Å². The molecule has 0 spiro atoms. The van der Waals surface area contributed by atoms with Crippen molar-refractivity contribution in [3.8, 4) is 22.3 Å². The molecule has 0 N–H and O–H groups in total. The zero-order valence-corrected chi connectivity index (χ0v) is 34.6. The van der Waals surface area contributed by atoms with Crippen LogP contribution in [0.1, 0.15) is 104 Å². The Morgan fingerprint density at radius 1 is 0.468 bits per heavy atom. The molecule has 0 aromatic heterocycles. The van der Waals surface area contributed by atoms with Gasteiger partial charge in [0.15, 0.2) is 0 Å². The summed E-state index contributed by atoms with van der Waals surface area (Å²) in [5.74, 6) is 0. The number of rotatable bonds is 4. The van der Waals surface area contributed by atoms with Crippen molar-refractivity contribution in [2.24, 2.45) is 0 Å². The predicted octanol–water partition coefficient (Wildman–Crippen LogP) is 13.1. The summed E-state index contributed by atoms with van der Waals surface area (Å²) in [4.78, 5) is 0. The van der Waals surface area contributed by atoms with E-state index in [1.165, 1.54) is 108 Å². The second-order valence-corrected chi connectivity index (χ2v) is 42.1. The molecule has 2 unspecified atom stereocenters. The predicted molar refractivity (Wildman–Crippen MR) is 205 cm³/mol. The fourth-order valence-corrected chi connectivity index (χ4v) is 35.4. The van der Waals surface area contributed by atoms with Crippen LogP contribution in [0.3, 0.4) is 0 Å². The second-order valence-electron chi connectivity index (χ2n) is 16.4. The number of fused-ring (bicyclic) bond motifs is 2. The zero-order chi connectivity index (χ0) is 33.8. The van der Waals surface area contributed by atoms with Crippen LogP contribution in [0.2, 0.25) is 9.36 Å². The Morgan fingerprint density at radius 3 is 1.13 bits per heavy atom. The fourth-order valence-electron chi connectivity index (χ4n) is 10.2. The normalized spacial score (nSPS) is 18.5. The zero-order valence-electron chi connectivity index (χ0n) is 31.0. The molecule has 1 saturated carbocycles. The Hall–Kier alpha value is -2.90. The molecule has 4 aromatic carbocycles. The van der Waals surface area contributed by atoms with Crippen LogP contribution < -0.4 is 0 Å². The third-order valence-corrected chi connectivity index (χ3v) is 41.6. The van der Waals surface area contributed by atoms with Gasteiger partial charge in [0.2, 0.25) is 0 Å². The Kier molecular flexibility index (Phi) is 7.68. The van der Waals surface area contributed by atoms with E-state index in [1.54, 1.807) is 11.1 Å². The van der Waals surface area contributed by atoms with Gasteiger partial charge in [0, 0.05) is 0 Å². The molecule has 3 aliphatic rings. The van der Waals surface area contributed by atoms with Gasteiger partial charge in [-0.1, -0.05) is 0 Å². The van der Waals surface area contributed by atoms with Crippen molar-refractivity contribution in [1.29, 1.82) is 0 Å². The van der Waals surface area contributed by atoms with E-state index in [-0.39, 0.29) is 0 Å². The average Bonchev–Trinajstić information content (AvgIpc) is 3.67. The summed E-state index contributed by atoms with van der Waals surface area (Å²) in [6.45, 7) is 23.2. The molecule has 2 atom stereocenters. The van der Waals surface area contributed by atoms with E-state index < -0.39 is 18.0 Å². The summed E-state index contributed by atoms with van der Waals surface area (Å²) in [6.07, 6.45) is 14.4. The first kappa shape index (κ1) is 32.6. The van der Waals surface area contributed by atoms with Gasteiger partial charge in [-0.05, 0) is 0 Å². The van der Waals surface area contributed by atoms with Crippen molar-refractivity contribution in [1.82, 2.24) is 0 Å². The molecule has 0 saturated heterocycles. The monoisotopic (exact) mass is 786 g/mol. The molecule has 0 bridgehead atoms. The van der Waals surface area contributed by atoms with Crippen molar-refractivity contribution in [3.05, 3.63) is 126 Å². The number of allylic oxidation sites excluding steroid dienone is 2. The molecular formula is C46H54Hf. The van der Waals surface area contributed by atoms with Gasteiger partial charge in [0.25, 0.3) is 0 Å². The van der Waals surface area contributed by atoms with Crippen LogP contribution in [0.15, 0.2) is 48.6 Å². The van der Waals surface area contributed by atoms with E-state index in [0.29, 0.717) is 7.35 Å². The number of benzene rings is 4. The summed E-state index contributed by atoms with van der Waals surface area (Å²) in [6, 6.07) is 14.5. The van der Waals surface area contributed by atoms with Gasteiger partial charge in [0.1, 0.15) is 0 Å². The van der Waals surface area contributed by atoms with Crippen molar-refractivity contribution in [2.75, 3.05) is 0 Å². The van der Waals surface area contributed by atoms with Crippen LogP contribution in [-0.2, 0) is 18.0 Å². The maximum absolute atomic E-state index is 3.94. The van der Waals surface area contributed by atoms with Crippen molar-refractivity contribution >= 4 is 15.4 Å². The molecule has 0 nitrogen and oxygen atoms in total. The molecule has 0 heterocycles. The molecule has 242 valence electrons. The molecule has 47 heavy (non-hydrogen) atoms. The summed E-state index contributed by atoms with van der Waals surface area (Å²) < 4.78 is 8.66. The minimum atomic E-state index is -3.94. The first-order valence-electron chi connectivity index (χ1n) is 18.0. The van der Waals surface area contributed by atoms with E-state index in [0.717, 1.165) is 0 Å². The van der Waals surface area contributed by atoms with E-state index in [9.17, 15) is 0 Å². The third kappa shape index (κ3) is 4.37. The minimum absolute atomic E-state index is 0.516. The molecule has 7 rings (SSSR count). The van der Waals surface area contributed by atoms with Gasteiger partial charge >= 0.3 is 287 Å².